The second-order valence-electron chi connectivity index (χ2n) is 5.63. The van der Waals surface area contributed by atoms with Crippen molar-refractivity contribution in [3.63, 3.8) is 0 Å². The van der Waals surface area contributed by atoms with Gasteiger partial charge in [-0.1, -0.05) is 32.1 Å². The molecule has 15 heavy (non-hydrogen) atoms. The van der Waals surface area contributed by atoms with Crippen molar-refractivity contribution in [3.05, 3.63) is 0 Å². The SMILES string of the molecule is CNCC(C)(C)NCCC1CCCCC1. The number of hydrogen-bond donors (Lipinski definition) is 2. The molecule has 0 aliphatic heterocycles. The third-order valence-corrected chi connectivity index (χ3v) is 3.50. The van der Waals surface area contributed by atoms with E-state index in [0.29, 0.717) is 0 Å². The van der Waals surface area contributed by atoms with Crippen LogP contribution in [0.1, 0.15) is 52.4 Å². The molecule has 0 saturated heterocycles. The summed E-state index contributed by atoms with van der Waals surface area (Å²) in [7, 11) is 2.02. The standard InChI is InChI=1S/C13H28N2/c1-13(2,11-14-3)15-10-9-12-7-5-4-6-8-12/h12,14-15H,4-11H2,1-3H3. The van der Waals surface area contributed by atoms with Gasteiger partial charge in [0.15, 0.2) is 0 Å². The molecule has 0 atom stereocenters. The van der Waals surface area contributed by atoms with Crippen LogP contribution in [0.4, 0.5) is 0 Å². The van der Waals surface area contributed by atoms with Gasteiger partial charge in [0.1, 0.15) is 0 Å². The van der Waals surface area contributed by atoms with Crippen molar-refractivity contribution in [3.8, 4) is 0 Å². The average molecular weight is 212 g/mol. The molecular weight excluding hydrogens is 184 g/mol. The van der Waals surface area contributed by atoms with Gasteiger partial charge in [0.05, 0.1) is 0 Å². The monoisotopic (exact) mass is 212 g/mol. The molecule has 0 radical (unpaired) electrons. The summed E-state index contributed by atoms with van der Waals surface area (Å²) in [4.78, 5) is 0. The van der Waals surface area contributed by atoms with Gasteiger partial charge in [0, 0.05) is 12.1 Å². The van der Waals surface area contributed by atoms with E-state index in [0.717, 1.165) is 12.5 Å². The van der Waals surface area contributed by atoms with Crippen LogP contribution >= 0.6 is 0 Å². The Morgan fingerprint density at radius 3 is 2.40 bits per heavy atom. The number of likely N-dealkylation sites (N-methyl/N-ethyl adjacent to an activating group) is 1. The highest BCUT2D eigenvalue weighted by Crippen LogP contribution is 2.25. The summed E-state index contributed by atoms with van der Waals surface area (Å²) in [5.74, 6) is 0.997. The maximum absolute atomic E-state index is 3.64. The molecule has 0 heterocycles. The smallest absolute Gasteiger partial charge is 0.0249 e. The third kappa shape index (κ3) is 5.53. The molecule has 2 nitrogen and oxygen atoms in total. The van der Waals surface area contributed by atoms with E-state index in [4.69, 9.17) is 0 Å². The Labute approximate surface area is 95.2 Å². The van der Waals surface area contributed by atoms with Gasteiger partial charge >= 0.3 is 0 Å². The van der Waals surface area contributed by atoms with Crippen LogP contribution in [0, 0.1) is 5.92 Å². The lowest BCUT2D eigenvalue weighted by atomic mass is 9.87. The first-order valence-corrected chi connectivity index (χ1v) is 6.54. The van der Waals surface area contributed by atoms with E-state index in [2.05, 4.69) is 24.5 Å². The maximum atomic E-state index is 3.64. The van der Waals surface area contributed by atoms with Crippen LogP contribution in [-0.2, 0) is 0 Å². The third-order valence-electron chi connectivity index (χ3n) is 3.50. The summed E-state index contributed by atoms with van der Waals surface area (Å²) in [6, 6.07) is 0. The lowest BCUT2D eigenvalue weighted by molar-refractivity contribution is 0.305. The molecule has 0 bridgehead atoms. The minimum atomic E-state index is 0.240. The zero-order valence-corrected chi connectivity index (χ0v) is 10.7. The summed E-state index contributed by atoms with van der Waals surface area (Å²) in [5, 5.41) is 6.88. The van der Waals surface area contributed by atoms with Crippen LogP contribution in [0.25, 0.3) is 0 Å². The second-order valence-corrected chi connectivity index (χ2v) is 5.63. The summed E-state index contributed by atoms with van der Waals surface area (Å²) in [5.41, 5.74) is 0.240. The number of rotatable bonds is 6. The number of hydrogen-bond acceptors (Lipinski definition) is 2. The van der Waals surface area contributed by atoms with E-state index in [1.807, 2.05) is 7.05 Å². The Morgan fingerprint density at radius 1 is 1.13 bits per heavy atom. The van der Waals surface area contributed by atoms with Crippen molar-refractivity contribution in [2.45, 2.75) is 57.9 Å². The molecule has 0 amide bonds. The average Bonchev–Trinajstić information content (AvgIpc) is 2.19. The molecular formula is C13H28N2. The highest BCUT2D eigenvalue weighted by atomic mass is 15.0. The minimum absolute atomic E-state index is 0.240. The van der Waals surface area contributed by atoms with Gasteiger partial charge in [-0.15, -0.1) is 0 Å². The van der Waals surface area contributed by atoms with Gasteiger partial charge < -0.3 is 10.6 Å². The van der Waals surface area contributed by atoms with Crippen LogP contribution in [0.3, 0.4) is 0 Å². The highest BCUT2D eigenvalue weighted by molar-refractivity contribution is 4.79. The predicted molar refractivity (Wildman–Crippen MR) is 67.2 cm³/mol. The lowest BCUT2D eigenvalue weighted by Crippen LogP contribution is -2.47. The molecule has 0 aromatic rings. The summed E-state index contributed by atoms with van der Waals surface area (Å²) in [6.45, 7) is 6.76. The van der Waals surface area contributed by atoms with Gasteiger partial charge in [-0.2, -0.15) is 0 Å². The summed E-state index contributed by atoms with van der Waals surface area (Å²) in [6.07, 6.45) is 8.69. The van der Waals surface area contributed by atoms with Crippen molar-refractivity contribution >= 4 is 0 Å². The Kier molecular flexibility index (Phi) is 5.62. The fraction of sp³-hybridized carbons (Fsp3) is 1.00. The fourth-order valence-electron chi connectivity index (χ4n) is 2.59. The summed E-state index contributed by atoms with van der Waals surface area (Å²) >= 11 is 0. The van der Waals surface area contributed by atoms with Crippen molar-refractivity contribution in [1.29, 1.82) is 0 Å². The van der Waals surface area contributed by atoms with Crippen molar-refractivity contribution in [1.82, 2.24) is 10.6 Å². The van der Waals surface area contributed by atoms with Gasteiger partial charge in [-0.25, -0.2) is 0 Å². The molecule has 2 heteroatoms. The van der Waals surface area contributed by atoms with E-state index in [1.54, 1.807) is 0 Å². The first-order chi connectivity index (χ1) is 7.14. The summed E-state index contributed by atoms with van der Waals surface area (Å²) < 4.78 is 0. The van der Waals surface area contributed by atoms with Gasteiger partial charge in [-0.05, 0) is 39.8 Å². The Bertz CT molecular complexity index is 160. The predicted octanol–water partition coefficient (Wildman–Crippen LogP) is 2.54. The van der Waals surface area contributed by atoms with Crippen LogP contribution in [0.15, 0.2) is 0 Å². The Hall–Kier alpha value is -0.0800. The van der Waals surface area contributed by atoms with E-state index in [-0.39, 0.29) is 5.54 Å². The largest absolute Gasteiger partial charge is 0.318 e. The molecule has 1 saturated carbocycles. The van der Waals surface area contributed by atoms with Gasteiger partial charge in [-0.3, -0.25) is 0 Å². The molecule has 1 rings (SSSR count). The van der Waals surface area contributed by atoms with E-state index >= 15 is 0 Å². The Morgan fingerprint density at radius 2 is 1.80 bits per heavy atom. The Balaban J connectivity index is 2.09. The number of nitrogens with one attached hydrogen (secondary N) is 2. The molecule has 1 aliphatic rings. The zero-order valence-electron chi connectivity index (χ0n) is 10.7. The van der Waals surface area contributed by atoms with E-state index < -0.39 is 0 Å². The molecule has 1 aliphatic carbocycles. The van der Waals surface area contributed by atoms with Crippen molar-refractivity contribution in [2.75, 3.05) is 20.1 Å². The second kappa shape index (κ2) is 6.49. The lowest BCUT2D eigenvalue weighted by Gasteiger charge is -2.28. The van der Waals surface area contributed by atoms with Crippen LogP contribution < -0.4 is 10.6 Å². The topological polar surface area (TPSA) is 24.1 Å². The molecule has 0 aromatic carbocycles. The van der Waals surface area contributed by atoms with Crippen LogP contribution in [0.5, 0.6) is 0 Å². The first kappa shape index (κ1) is 13.0. The van der Waals surface area contributed by atoms with Crippen molar-refractivity contribution < 1.29 is 0 Å². The fourth-order valence-corrected chi connectivity index (χ4v) is 2.59. The molecule has 0 unspecified atom stereocenters. The van der Waals surface area contributed by atoms with Gasteiger partial charge in [0.2, 0.25) is 0 Å². The van der Waals surface area contributed by atoms with Crippen molar-refractivity contribution in [2.24, 2.45) is 5.92 Å². The maximum Gasteiger partial charge on any atom is 0.0249 e. The van der Waals surface area contributed by atoms with Gasteiger partial charge in [0.25, 0.3) is 0 Å². The van der Waals surface area contributed by atoms with E-state index in [1.165, 1.54) is 45.1 Å². The quantitative estimate of drug-likeness (QED) is 0.707. The van der Waals surface area contributed by atoms with Crippen LogP contribution in [-0.4, -0.2) is 25.7 Å². The zero-order chi connectivity index (χ0) is 11.1. The van der Waals surface area contributed by atoms with E-state index in [9.17, 15) is 0 Å². The van der Waals surface area contributed by atoms with Crippen LogP contribution in [0.2, 0.25) is 0 Å². The first-order valence-electron chi connectivity index (χ1n) is 6.54. The minimum Gasteiger partial charge on any atom is -0.318 e. The molecule has 0 aromatic heterocycles. The molecule has 2 N–H and O–H groups in total. The normalized spacial score (nSPS) is 19.4. The highest BCUT2D eigenvalue weighted by Gasteiger charge is 2.17. The molecule has 90 valence electrons. The molecule has 0 spiro atoms. The molecule has 1 fully saturated rings.